The summed E-state index contributed by atoms with van der Waals surface area (Å²) in [4.78, 5) is 18.2. The maximum absolute atomic E-state index is 12.9. The summed E-state index contributed by atoms with van der Waals surface area (Å²) in [5.74, 6) is -0.173. The zero-order valence-electron chi connectivity index (χ0n) is 15.1. The van der Waals surface area contributed by atoms with Crippen molar-refractivity contribution in [3.63, 3.8) is 0 Å². The summed E-state index contributed by atoms with van der Waals surface area (Å²) >= 11 is 1.36. The molecule has 1 amide bonds. The molecule has 4 rings (SSSR count). The molecule has 0 radical (unpaired) electrons. The molecule has 0 spiro atoms. The number of carbonyl (C=O) groups excluding carboxylic acids is 1. The Bertz CT molecular complexity index is 953. The highest BCUT2D eigenvalue weighted by Crippen LogP contribution is 2.40. The van der Waals surface area contributed by atoms with Crippen molar-refractivity contribution >= 4 is 37.7 Å². The number of fused-ring (bicyclic) bond motifs is 1. The van der Waals surface area contributed by atoms with Gasteiger partial charge in [0.15, 0.2) is 0 Å². The van der Waals surface area contributed by atoms with Crippen LogP contribution in [0.3, 0.4) is 0 Å². The number of rotatable bonds is 4. The Labute approximate surface area is 162 Å². The Balaban J connectivity index is 1.65. The molecule has 4 heterocycles. The lowest BCUT2D eigenvalue weighted by molar-refractivity contribution is 0.0705. The quantitative estimate of drug-likeness (QED) is 0.813. The first kappa shape index (κ1) is 18.8. The Hall–Kier alpha value is -1.59. The molecule has 2 aromatic heterocycles. The second kappa shape index (κ2) is 7.44. The average molecular weight is 411 g/mol. The third-order valence-corrected chi connectivity index (χ3v) is 8.25. The minimum absolute atomic E-state index is 0.0222. The molecule has 146 valence electrons. The number of thiophene rings is 1. The second-order valence-corrected chi connectivity index (χ2v) is 9.57. The molecular weight excluding hydrogens is 388 g/mol. The van der Waals surface area contributed by atoms with Crippen LogP contribution in [0.5, 0.6) is 0 Å². The van der Waals surface area contributed by atoms with Gasteiger partial charge in [0.25, 0.3) is 16.1 Å². The molecule has 2 aliphatic heterocycles. The number of morpholine rings is 1. The molecule has 0 aromatic carbocycles. The van der Waals surface area contributed by atoms with Crippen LogP contribution in [0.4, 0.5) is 0 Å². The van der Waals surface area contributed by atoms with Gasteiger partial charge in [0, 0.05) is 50.7 Å². The number of hydrogen-bond donors (Lipinski definition) is 1. The zero-order valence-corrected chi connectivity index (χ0v) is 16.7. The van der Waals surface area contributed by atoms with Crippen LogP contribution in [0, 0.1) is 0 Å². The highest BCUT2D eigenvalue weighted by atomic mass is 32.2. The topological polar surface area (TPSA) is 91.8 Å². The number of carbonyl (C=O) groups is 1. The zero-order chi connectivity index (χ0) is 19.0. The van der Waals surface area contributed by atoms with E-state index in [0.717, 1.165) is 15.8 Å². The monoisotopic (exact) mass is 410 g/mol. The fourth-order valence-electron chi connectivity index (χ4n) is 3.75. The van der Waals surface area contributed by atoms with Gasteiger partial charge in [-0.2, -0.15) is 17.0 Å². The minimum Gasteiger partial charge on any atom is -0.379 e. The summed E-state index contributed by atoms with van der Waals surface area (Å²) in [7, 11) is -1.90. The van der Waals surface area contributed by atoms with Crippen molar-refractivity contribution in [1.29, 1.82) is 0 Å². The summed E-state index contributed by atoms with van der Waals surface area (Å²) < 4.78 is 34.2. The van der Waals surface area contributed by atoms with E-state index in [1.807, 2.05) is 12.1 Å². The standard InChI is InChI=1S/C17H22N4O4S2/c1-18-16(22)15-14(13-3-2-5-19-17(13)26-15)12-4-6-21(11-12)27(23,24)20-7-9-25-10-8-20/h2-3,5,12H,4,6-11H2,1H3,(H,18,22)/t12-/m0/s1. The van der Waals surface area contributed by atoms with Crippen molar-refractivity contribution in [3.05, 3.63) is 28.8 Å². The van der Waals surface area contributed by atoms with E-state index in [9.17, 15) is 13.2 Å². The van der Waals surface area contributed by atoms with Gasteiger partial charge in [0.2, 0.25) is 0 Å². The van der Waals surface area contributed by atoms with Gasteiger partial charge in [-0.1, -0.05) is 6.07 Å². The van der Waals surface area contributed by atoms with Crippen LogP contribution in [-0.2, 0) is 14.9 Å². The van der Waals surface area contributed by atoms with Crippen LogP contribution in [0.1, 0.15) is 27.6 Å². The van der Waals surface area contributed by atoms with Crippen LogP contribution >= 0.6 is 11.3 Å². The normalized spacial score (nSPS) is 22.3. The summed E-state index contributed by atoms with van der Waals surface area (Å²) in [6.07, 6.45) is 2.40. The van der Waals surface area contributed by atoms with E-state index in [-0.39, 0.29) is 11.8 Å². The molecule has 2 fully saturated rings. The first-order chi connectivity index (χ1) is 13.0. The van der Waals surface area contributed by atoms with Crippen LogP contribution < -0.4 is 5.32 Å². The van der Waals surface area contributed by atoms with Gasteiger partial charge >= 0.3 is 0 Å². The predicted octanol–water partition coefficient (Wildman–Crippen LogP) is 1.02. The minimum atomic E-state index is -3.50. The lowest BCUT2D eigenvalue weighted by atomic mass is 9.95. The molecule has 10 heteroatoms. The van der Waals surface area contributed by atoms with E-state index in [1.54, 1.807) is 13.2 Å². The van der Waals surface area contributed by atoms with Gasteiger partial charge in [-0.05, 0) is 18.1 Å². The molecule has 1 N–H and O–H groups in total. The predicted molar refractivity (Wildman–Crippen MR) is 103 cm³/mol. The summed E-state index contributed by atoms with van der Waals surface area (Å²) in [5, 5.41) is 3.63. The number of nitrogens with zero attached hydrogens (tertiary/aromatic N) is 3. The smallest absolute Gasteiger partial charge is 0.282 e. The molecule has 27 heavy (non-hydrogen) atoms. The van der Waals surface area contributed by atoms with Crippen LogP contribution in [0.25, 0.3) is 10.2 Å². The van der Waals surface area contributed by atoms with Gasteiger partial charge < -0.3 is 10.1 Å². The molecular formula is C17H22N4O4S2. The van der Waals surface area contributed by atoms with Gasteiger partial charge in [0.05, 0.1) is 18.1 Å². The summed E-state index contributed by atoms with van der Waals surface area (Å²) in [5.41, 5.74) is 0.919. The van der Waals surface area contributed by atoms with Gasteiger partial charge in [-0.15, -0.1) is 11.3 Å². The number of pyridine rings is 1. The van der Waals surface area contributed by atoms with Crippen molar-refractivity contribution < 1.29 is 17.9 Å². The van der Waals surface area contributed by atoms with Crippen molar-refractivity contribution in [3.8, 4) is 0 Å². The fraction of sp³-hybridized carbons (Fsp3) is 0.529. The maximum atomic E-state index is 12.9. The molecule has 2 aliphatic rings. The van der Waals surface area contributed by atoms with Crippen LogP contribution in [-0.4, -0.2) is 74.4 Å². The van der Waals surface area contributed by atoms with Crippen molar-refractivity contribution in [2.24, 2.45) is 0 Å². The molecule has 0 aliphatic carbocycles. The third-order valence-electron chi connectivity index (χ3n) is 5.12. The molecule has 2 saturated heterocycles. The van der Waals surface area contributed by atoms with E-state index in [1.165, 1.54) is 19.9 Å². The number of ether oxygens (including phenoxy) is 1. The van der Waals surface area contributed by atoms with Crippen molar-refractivity contribution in [1.82, 2.24) is 18.9 Å². The average Bonchev–Trinajstić information content (AvgIpc) is 3.33. The lowest BCUT2D eigenvalue weighted by Gasteiger charge is -2.30. The number of amides is 1. The third kappa shape index (κ3) is 3.36. The van der Waals surface area contributed by atoms with E-state index < -0.39 is 10.2 Å². The number of aromatic nitrogens is 1. The molecule has 8 nitrogen and oxygen atoms in total. The number of hydrogen-bond acceptors (Lipinski definition) is 6. The van der Waals surface area contributed by atoms with Crippen LogP contribution in [0.15, 0.2) is 18.3 Å². The van der Waals surface area contributed by atoms with Crippen molar-refractivity contribution in [2.75, 3.05) is 46.4 Å². The Morgan fingerprint density at radius 3 is 2.81 bits per heavy atom. The van der Waals surface area contributed by atoms with Gasteiger partial charge in [-0.3, -0.25) is 4.79 Å². The Morgan fingerprint density at radius 2 is 2.07 bits per heavy atom. The molecule has 2 aromatic rings. The molecule has 0 unspecified atom stereocenters. The van der Waals surface area contributed by atoms with Crippen LogP contribution in [0.2, 0.25) is 0 Å². The maximum Gasteiger partial charge on any atom is 0.282 e. The van der Waals surface area contributed by atoms with E-state index in [0.29, 0.717) is 50.7 Å². The van der Waals surface area contributed by atoms with E-state index >= 15 is 0 Å². The molecule has 0 bridgehead atoms. The highest BCUT2D eigenvalue weighted by Gasteiger charge is 2.38. The summed E-state index contributed by atoms with van der Waals surface area (Å²) in [6.45, 7) is 2.46. The summed E-state index contributed by atoms with van der Waals surface area (Å²) in [6, 6.07) is 3.81. The van der Waals surface area contributed by atoms with Gasteiger partial charge in [-0.25, -0.2) is 4.98 Å². The van der Waals surface area contributed by atoms with Gasteiger partial charge in [0.1, 0.15) is 4.83 Å². The Kier molecular flexibility index (Phi) is 5.17. The van der Waals surface area contributed by atoms with Crippen molar-refractivity contribution in [2.45, 2.75) is 12.3 Å². The van der Waals surface area contributed by atoms with E-state index in [2.05, 4.69) is 10.3 Å². The SMILES string of the molecule is CNC(=O)c1sc2ncccc2c1[C@H]1CCN(S(=O)(=O)N2CCOCC2)C1. The van der Waals surface area contributed by atoms with E-state index in [4.69, 9.17) is 4.74 Å². The first-order valence-electron chi connectivity index (χ1n) is 8.95. The molecule has 0 saturated carbocycles. The lowest BCUT2D eigenvalue weighted by Crippen LogP contribution is -2.47. The molecule has 1 atom stereocenters. The Morgan fingerprint density at radius 1 is 1.30 bits per heavy atom. The first-order valence-corrected chi connectivity index (χ1v) is 11.2. The fourth-order valence-corrected chi connectivity index (χ4v) is 6.57. The number of nitrogens with one attached hydrogen (secondary N) is 1. The highest BCUT2D eigenvalue weighted by molar-refractivity contribution is 7.86. The second-order valence-electron chi connectivity index (χ2n) is 6.64. The largest absolute Gasteiger partial charge is 0.379 e.